The van der Waals surface area contributed by atoms with Crippen LogP contribution in [0.25, 0.3) is 0 Å². The SMILES string of the molecule is COc1ccc(C(=O)NS(=O)(=O)C2CCOc3ccccc32)cc1C(C)C. The second-order valence-corrected chi connectivity index (χ2v) is 8.61. The molecule has 1 unspecified atom stereocenters. The summed E-state index contributed by atoms with van der Waals surface area (Å²) < 4.78 is 38.8. The number of hydrogen-bond acceptors (Lipinski definition) is 5. The van der Waals surface area contributed by atoms with Crippen molar-refractivity contribution in [1.82, 2.24) is 4.72 Å². The summed E-state index contributed by atoms with van der Waals surface area (Å²) >= 11 is 0. The second kappa shape index (κ2) is 7.60. The molecule has 0 aliphatic carbocycles. The Morgan fingerprint density at radius 2 is 1.96 bits per heavy atom. The van der Waals surface area contributed by atoms with Gasteiger partial charge in [0.25, 0.3) is 5.91 Å². The molecule has 7 heteroatoms. The molecule has 1 atom stereocenters. The molecule has 0 saturated carbocycles. The largest absolute Gasteiger partial charge is 0.496 e. The van der Waals surface area contributed by atoms with E-state index in [2.05, 4.69) is 4.72 Å². The fourth-order valence-corrected chi connectivity index (χ4v) is 4.67. The van der Waals surface area contributed by atoms with Crippen LogP contribution in [0.4, 0.5) is 0 Å². The fraction of sp³-hybridized carbons (Fsp3) is 0.350. The van der Waals surface area contributed by atoms with Gasteiger partial charge in [0.2, 0.25) is 10.0 Å². The summed E-state index contributed by atoms with van der Waals surface area (Å²) in [4.78, 5) is 12.6. The first-order valence-electron chi connectivity index (χ1n) is 8.79. The lowest BCUT2D eigenvalue weighted by Crippen LogP contribution is -2.36. The van der Waals surface area contributed by atoms with Gasteiger partial charge in [-0.25, -0.2) is 13.1 Å². The van der Waals surface area contributed by atoms with E-state index in [1.54, 1.807) is 49.6 Å². The smallest absolute Gasteiger partial charge is 0.264 e. The van der Waals surface area contributed by atoms with E-state index >= 15 is 0 Å². The molecule has 0 aromatic heterocycles. The minimum atomic E-state index is -3.90. The van der Waals surface area contributed by atoms with Crippen molar-refractivity contribution in [3.05, 3.63) is 59.2 Å². The van der Waals surface area contributed by atoms with E-state index < -0.39 is 21.2 Å². The molecule has 0 spiro atoms. The highest BCUT2D eigenvalue weighted by atomic mass is 32.2. The lowest BCUT2D eigenvalue weighted by Gasteiger charge is -2.25. The van der Waals surface area contributed by atoms with Gasteiger partial charge in [-0.1, -0.05) is 32.0 Å². The van der Waals surface area contributed by atoms with Gasteiger partial charge in [0.1, 0.15) is 16.7 Å². The van der Waals surface area contributed by atoms with Crippen LogP contribution in [0.3, 0.4) is 0 Å². The quantitative estimate of drug-likeness (QED) is 0.848. The summed E-state index contributed by atoms with van der Waals surface area (Å²) in [6.45, 7) is 4.25. The van der Waals surface area contributed by atoms with Crippen LogP contribution >= 0.6 is 0 Å². The van der Waals surface area contributed by atoms with Crippen LogP contribution in [-0.4, -0.2) is 28.0 Å². The Labute approximate surface area is 159 Å². The zero-order valence-electron chi connectivity index (χ0n) is 15.6. The molecule has 0 saturated heterocycles. The Hall–Kier alpha value is -2.54. The van der Waals surface area contributed by atoms with Gasteiger partial charge in [0.15, 0.2) is 0 Å². The van der Waals surface area contributed by atoms with E-state index in [1.807, 2.05) is 13.8 Å². The van der Waals surface area contributed by atoms with Crippen LogP contribution in [0.2, 0.25) is 0 Å². The molecule has 1 aliphatic rings. The van der Waals surface area contributed by atoms with Crippen LogP contribution in [0.15, 0.2) is 42.5 Å². The molecule has 27 heavy (non-hydrogen) atoms. The van der Waals surface area contributed by atoms with E-state index in [0.717, 1.165) is 5.56 Å². The van der Waals surface area contributed by atoms with Gasteiger partial charge >= 0.3 is 0 Å². The maximum atomic E-state index is 12.9. The highest BCUT2D eigenvalue weighted by molar-refractivity contribution is 7.90. The minimum Gasteiger partial charge on any atom is -0.496 e. The van der Waals surface area contributed by atoms with E-state index in [-0.39, 0.29) is 18.1 Å². The number of fused-ring (bicyclic) bond motifs is 1. The topological polar surface area (TPSA) is 81.7 Å². The summed E-state index contributed by atoms with van der Waals surface area (Å²) in [5.74, 6) is 0.691. The number of ether oxygens (including phenoxy) is 2. The third kappa shape index (κ3) is 3.93. The second-order valence-electron chi connectivity index (χ2n) is 6.75. The van der Waals surface area contributed by atoms with Crippen molar-refractivity contribution >= 4 is 15.9 Å². The molecule has 0 bridgehead atoms. The Morgan fingerprint density at radius 3 is 2.67 bits per heavy atom. The monoisotopic (exact) mass is 389 g/mol. The van der Waals surface area contributed by atoms with E-state index in [0.29, 0.717) is 23.5 Å². The summed E-state index contributed by atoms with van der Waals surface area (Å²) in [5.41, 5.74) is 1.70. The van der Waals surface area contributed by atoms with Crippen LogP contribution in [0.1, 0.15) is 52.9 Å². The molecule has 3 rings (SSSR count). The van der Waals surface area contributed by atoms with Gasteiger partial charge in [-0.05, 0) is 35.7 Å². The Balaban J connectivity index is 1.87. The zero-order chi connectivity index (χ0) is 19.6. The number of carbonyl (C=O) groups excluding carboxylic acids is 1. The van der Waals surface area contributed by atoms with Gasteiger partial charge in [0.05, 0.1) is 13.7 Å². The van der Waals surface area contributed by atoms with Crippen molar-refractivity contribution in [2.75, 3.05) is 13.7 Å². The number of methoxy groups -OCH3 is 1. The van der Waals surface area contributed by atoms with Gasteiger partial charge in [-0.15, -0.1) is 0 Å². The highest BCUT2D eigenvalue weighted by Gasteiger charge is 2.34. The maximum absolute atomic E-state index is 12.9. The number of para-hydroxylation sites is 1. The Bertz CT molecular complexity index is 953. The van der Waals surface area contributed by atoms with Crippen molar-refractivity contribution in [2.24, 2.45) is 0 Å². The predicted octanol–water partition coefficient (Wildman–Crippen LogP) is 3.40. The van der Waals surface area contributed by atoms with E-state index in [9.17, 15) is 13.2 Å². The minimum absolute atomic E-state index is 0.131. The van der Waals surface area contributed by atoms with Crippen LogP contribution < -0.4 is 14.2 Å². The van der Waals surface area contributed by atoms with E-state index in [4.69, 9.17) is 9.47 Å². The maximum Gasteiger partial charge on any atom is 0.264 e. The van der Waals surface area contributed by atoms with Crippen LogP contribution in [-0.2, 0) is 10.0 Å². The first kappa shape index (κ1) is 19.2. The molecule has 6 nitrogen and oxygen atoms in total. The summed E-state index contributed by atoms with van der Waals surface area (Å²) in [5, 5.41) is -0.825. The van der Waals surface area contributed by atoms with E-state index in [1.165, 1.54) is 0 Å². The number of benzene rings is 2. The standard InChI is InChI=1S/C20H23NO5S/c1-13(2)16-12-14(8-9-17(16)25-3)20(22)21-27(23,24)19-10-11-26-18-7-5-4-6-15(18)19/h4-9,12-13,19H,10-11H2,1-3H3,(H,21,22). The molecule has 2 aromatic rings. The van der Waals surface area contributed by atoms with Crippen LogP contribution in [0, 0.1) is 0 Å². The number of nitrogens with one attached hydrogen (secondary N) is 1. The van der Waals surface area contributed by atoms with Crippen molar-refractivity contribution in [1.29, 1.82) is 0 Å². The lowest BCUT2D eigenvalue weighted by atomic mass is 9.99. The average Bonchev–Trinajstić information content (AvgIpc) is 2.66. The highest BCUT2D eigenvalue weighted by Crippen LogP contribution is 2.36. The van der Waals surface area contributed by atoms with Crippen molar-refractivity contribution in [3.63, 3.8) is 0 Å². The number of carbonyl (C=O) groups is 1. The Morgan fingerprint density at radius 1 is 1.22 bits per heavy atom. The van der Waals surface area contributed by atoms with Gasteiger partial charge in [-0.2, -0.15) is 0 Å². The van der Waals surface area contributed by atoms with Crippen molar-refractivity contribution in [3.8, 4) is 11.5 Å². The lowest BCUT2D eigenvalue weighted by molar-refractivity contribution is 0.0980. The number of amides is 1. The first-order chi connectivity index (χ1) is 12.8. The van der Waals surface area contributed by atoms with Gasteiger partial charge in [0, 0.05) is 17.5 Å². The van der Waals surface area contributed by atoms with Gasteiger partial charge < -0.3 is 9.47 Å². The summed E-state index contributed by atoms with van der Waals surface area (Å²) in [6.07, 6.45) is 0.291. The summed E-state index contributed by atoms with van der Waals surface area (Å²) in [6, 6.07) is 11.9. The molecular weight excluding hydrogens is 366 g/mol. The van der Waals surface area contributed by atoms with Crippen LogP contribution in [0.5, 0.6) is 11.5 Å². The molecule has 144 valence electrons. The Kier molecular flexibility index (Phi) is 5.41. The average molecular weight is 389 g/mol. The molecule has 1 heterocycles. The van der Waals surface area contributed by atoms with Gasteiger partial charge in [-0.3, -0.25) is 4.79 Å². The molecule has 0 fully saturated rings. The number of rotatable bonds is 5. The molecule has 0 radical (unpaired) electrons. The zero-order valence-corrected chi connectivity index (χ0v) is 16.4. The fourth-order valence-electron chi connectivity index (χ4n) is 3.22. The molecular formula is C20H23NO5S. The molecule has 1 aliphatic heterocycles. The number of sulfonamides is 1. The predicted molar refractivity (Wildman–Crippen MR) is 103 cm³/mol. The first-order valence-corrected chi connectivity index (χ1v) is 10.3. The van der Waals surface area contributed by atoms with Crippen molar-refractivity contribution in [2.45, 2.75) is 31.4 Å². The number of hydrogen-bond donors (Lipinski definition) is 1. The third-order valence-corrected chi connectivity index (χ3v) is 6.34. The molecule has 1 N–H and O–H groups in total. The summed E-state index contributed by atoms with van der Waals surface area (Å²) in [7, 11) is -2.34. The third-order valence-electron chi connectivity index (χ3n) is 4.63. The molecule has 2 aromatic carbocycles. The van der Waals surface area contributed by atoms with Crippen molar-refractivity contribution < 1.29 is 22.7 Å². The molecule has 1 amide bonds. The normalized spacial score (nSPS) is 16.4.